The molecule has 0 saturated heterocycles. The lowest BCUT2D eigenvalue weighted by Crippen LogP contribution is -2.23. The standard InChI is InChI=1S/C16H18N2O4/c1-20-12-9-10-17-16(22-3)13(12)18-15(19)14(21-2)11-7-5-4-6-8-11/h4-10,14H,1-3H3,(H,18,19)/t14-/m1/s1. The minimum atomic E-state index is -0.740. The summed E-state index contributed by atoms with van der Waals surface area (Å²) in [6.07, 6.45) is 0.800. The lowest BCUT2D eigenvalue weighted by molar-refractivity contribution is -0.126. The number of pyridine rings is 1. The van der Waals surface area contributed by atoms with Gasteiger partial charge in [0, 0.05) is 19.4 Å². The summed E-state index contributed by atoms with van der Waals surface area (Å²) in [7, 11) is 4.47. The lowest BCUT2D eigenvalue weighted by atomic mass is 10.1. The van der Waals surface area contributed by atoms with E-state index in [1.807, 2.05) is 30.3 Å². The fraction of sp³-hybridized carbons (Fsp3) is 0.250. The first-order chi connectivity index (χ1) is 10.7. The largest absolute Gasteiger partial charge is 0.494 e. The molecule has 0 unspecified atom stereocenters. The molecule has 1 aromatic heterocycles. The van der Waals surface area contributed by atoms with Gasteiger partial charge in [-0.15, -0.1) is 0 Å². The molecule has 22 heavy (non-hydrogen) atoms. The molecule has 2 aromatic rings. The smallest absolute Gasteiger partial charge is 0.258 e. The number of hydrogen-bond acceptors (Lipinski definition) is 5. The van der Waals surface area contributed by atoms with Gasteiger partial charge in [0.25, 0.3) is 5.91 Å². The molecule has 1 aromatic carbocycles. The first-order valence-electron chi connectivity index (χ1n) is 6.66. The van der Waals surface area contributed by atoms with E-state index in [0.29, 0.717) is 11.4 Å². The molecule has 0 spiro atoms. The van der Waals surface area contributed by atoms with Crippen molar-refractivity contribution in [3.05, 3.63) is 48.2 Å². The lowest BCUT2D eigenvalue weighted by Gasteiger charge is -2.18. The van der Waals surface area contributed by atoms with Crippen molar-refractivity contribution in [2.24, 2.45) is 0 Å². The second-order valence-electron chi connectivity index (χ2n) is 4.41. The summed E-state index contributed by atoms with van der Waals surface area (Å²) < 4.78 is 15.7. The van der Waals surface area contributed by atoms with Gasteiger partial charge < -0.3 is 19.5 Å². The molecule has 1 atom stereocenters. The Kier molecular flexibility index (Phi) is 5.32. The molecule has 6 heteroatoms. The quantitative estimate of drug-likeness (QED) is 0.887. The fourth-order valence-corrected chi connectivity index (χ4v) is 2.08. The number of anilines is 1. The van der Waals surface area contributed by atoms with Crippen LogP contribution in [0.3, 0.4) is 0 Å². The molecule has 2 rings (SSSR count). The number of methoxy groups -OCH3 is 3. The Morgan fingerprint density at radius 1 is 1.09 bits per heavy atom. The zero-order valence-electron chi connectivity index (χ0n) is 12.7. The van der Waals surface area contributed by atoms with E-state index in [-0.39, 0.29) is 11.8 Å². The molecule has 0 aliphatic carbocycles. The highest BCUT2D eigenvalue weighted by molar-refractivity contribution is 5.97. The van der Waals surface area contributed by atoms with Crippen LogP contribution in [-0.2, 0) is 9.53 Å². The van der Waals surface area contributed by atoms with Gasteiger partial charge in [0.15, 0.2) is 6.10 Å². The van der Waals surface area contributed by atoms with Crippen LogP contribution in [0.2, 0.25) is 0 Å². The SMILES string of the molecule is COc1ccnc(OC)c1NC(=O)[C@H](OC)c1ccccc1. The van der Waals surface area contributed by atoms with Gasteiger partial charge in [-0.25, -0.2) is 4.98 Å². The predicted molar refractivity (Wildman–Crippen MR) is 82.2 cm³/mol. The van der Waals surface area contributed by atoms with Gasteiger partial charge in [-0.3, -0.25) is 4.79 Å². The Hall–Kier alpha value is -2.60. The number of benzene rings is 1. The zero-order valence-corrected chi connectivity index (χ0v) is 12.7. The van der Waals surface area contributed by atoms with E-state index in [2.05, 4.69) is 10.3 Å². The second kappa shape index (κ2) is 7.42. The van der Waals surface area contributed by atoms with E-state index in [0.717, 1.165) is 5.56 Å². The van der Waals surface area contributed by atoms with Crippen LogP contribution >= 0.6 is 0 Å². The number of aromatic nitrogens is 1. The van der Waals surface area contributed by atoms with Gasteiger partial charge in [0.2, 0.25) is 5.88 Å². The Morgan fingerprint density at radius 2 is 1.82 bits per heavy atom. The third kappa shape index (κ3) is 3.35. The minimum Gasteiger partial charge on any atom is -0.494 e. The van der Waals surface area contributed by atoms with Crippen molar-refractivity contribution in [3.8, 4) is 11.6 Å². The third-order valence-corrected chi connectivity index (χ3v) is 3.12. The van der Waals surface area contributed by atoms with E-state index in [4.69, 9.17) is 14.2 Å². The van der Waals surface area contributed by atoms with Gasteiger partial charge in [-0.2, -0.15) is 0 Å². The molecule has 116 valence electrons. The van der Waals surface area contributed by atoms with E-state index in [9.17, 15) is 4.79 Å². The zero-order chi connectivity index (χ0) is 15.9. The molecule has 0 aliphatic heterocycles. The predicted octanol–water partition coefficient (Wildman–Crippen LogP) is 2.42. The number of carbonyl (C=O) groups is 1. The molecule has 0 fully saturated rings. The maximum Gasteiger partial charge on any atom is 0.258 e. The summed E-state index contributed by atoms with van der Waals surface area (Å²) in [5, 5.41) is 2.75. The van der Waals surface area contributed by atoms with Crippen LogP contribution < -0.4 is 14.8 Å². The fourth-order valence-electron chi connectivity index (χ4n) is 2.08. The van der Waals surface area contributed by atoms with E-state index in [1.54, 1.807) is 12.3 Å². The average molecular weight is 302 g/mol. The summed E-state index contributed by atoms with van der Waals surface area (Å²) in [5.41, 5.74) is 1.12. The number of ether oxygens (including phenoxy) is 3. The Labute approximate surface area is 129 Å². The number of nitrogens with one attached hydrogen (secondary N) is 1. The molecule has 0 aliphatic rings. The van der Waals surface area contributed by atoms with Crippen LogP contribution in [0.4, 0.5) is 5.69 Å². The first-order valence-corrected chi connectivity index (χ1v) is 6.66. The summed E-state index contributed by atoms with van der Waals surface area (Å²) in [6.45, 7) is 0. The minimum absolute atomic E-state index is 0.274. The number of amides is 1. The van der Waals surface area contributed by atoms with Gasteiger partial charge in [-0.05, 0) is 5.56 Å². The summed E-state index contributed by atoms with van der Waals surface area (Å²) in [5.74, 6) is 0.400. The van der Waals surface area contributed by atoms with Gasteiger partial charge in [-0.1, -0.05) is 30.3 Å². The molecular formula is C16H18N2O4. The van der Waals surface area contributed by atoms with E-state index in [1.165, 1.54) is 21.3 Å². The monoisotopic (exact) mass is 302 g/mol. The van der Waals surface area contributed by atoms with Crippen molar-refractivity contribution in [3.63, 3.8) is 0 Å². The highest BCUT2D eigenvalue weighted by Crippen LogP contribution is 2.33. The van der Waals surface area contributed by atoms with Crippen molar-refractivity contribution in [1.29, 1.82) is 0 Å². The summed E-state index contributed by atoms with van der Waals surface area (Å²) >= 11 is 0. The Morgan fingerprint density at radius 3 is 2.41 bits per heavy atom. The molecule has 0 bridgehead atoms. The highest BCUT2D eigenvalue weighted by atomic mass is 16.5. The summed E-state index contributed by atoms with van der Waals surface area (Å²) in [6, 6.07) is 10.9. The first kappa shape index (κ1) is 15.8. The molecule has 1 amide bonds. The van der Waals surface area contributed by atoms with Gasteiger partial charge in [0.05, 0.1) is 14.2 Å². The highest BCUT2D eigenvalue weighted by Gasteiger charge is 2.23. The van der Waals surface area contributed by atoms with Crippen LogP contribution in [-0.4, -0.2) is 32.2 Å². The molecule has 0 radical (unpaired) electrons. The number of carbonyl (C=O) groups excluding carboxylic acids is 1. The Bertz CT molecular complexity index is 609. The molecule has 6 nitrogen and oxygen atoms in total. The number of rotatable bonds is 6. The average Bonchev–Trinajstić information content (AvgIpc) is 2.56. The molecule has 1 heterocycles. The van der Waals surface area contributed by atoms with Crippen LogP contribution in [0.5, 0.6) is 11.6 Å². The Balaban J connectivity index is 2.28. The topological polar surface area (TPSA) is 69.7 Å². The maximum atomic E-state index is 12.5. The van der Waals surface area contributed by atoms with Gasteiger partial charge in [0.1, 0.15) is 11.4 Å². The summed E-state index contributed by atoms with van der Waals surface area (Å²) in [4.78, 5) is 16.6. The van der Waals surface area contributed by atoms with Crippen LogP contribution in [0.25, 0.3) is 0 Å². The van der Waals surface area contributed by atoms with E-state index < -0.39 is 6.10 Å². The van der Waals surface area contributed by atoms with Crippen LogP contribution in [0, 0.1) is 0 Å². The van der Waals surface area contributed by atoms with Crippen LogP contribution in [0.15, 0.2) is 42.6 Å². The van der Waals surface area contributed by atoms with Gasteiger partial charge >= 0.3 is 0 Å². The number of hydrogen-bond donors (Lipinski definition) is 1. The molecule has 1 N–H and O–H groups in total. The second-order valence-corrected chi connectivity index (χ2v) is 4.41. The normalized spacial score (nSPS) is 11.6. The van der Waals surface area contributed by atoms with Crippen molar-refractivity contribution in [2.75, 3.05) is 26.6 Å². The van der Waals surface area contributed by atoms with Crippen molar-refractivity contribution in [2.45, 2.75) is 6.10 Å². The number of nitrogens with zero attached hydrogens (tertiary/aromatic N) is 1. The van der Waals surface area contributed by atoms with E-state index >= 15 is 0 Å². The van der Waals surface area contributed by atoms with Crippen LogP contribution in [0.1, 0.15) is 11.7 Å². The third-order valence-electron chi connectivity index (χ3n) is 3.12. The van der Waals surface area contributed by atoms with Crippen molar-refractivity contribution < 1.29 is 19.0 Å². The molecular weight excluding hydrogens is 284 g/mol. The molecule has 0 saturated carbocycles. The van der Waals surface area contributed by atoms with Crippen molar-refractivity contribution >= 4 is 11.6 Å². The van der Waals surface area contributed by atoms with Crippen molar-refractivity contribution in [1.82, 2.24) is 4.98 Å². The maximum absolute atomic E-state index is 12.5.